The number of amidine groups is 1. The second-order valence-electron chi connectivity index (χ2n) is 11.4. The number of fused-ring (bicyclic) bond motifs is 1. The fraction of sp³-hybridized carbons (Fsp3) is 0.562. The maximum Gasteiger partial charge on any atom is 0.232 e. The van der Waals surface area contributed by atoms with Gasteiger partial charge in [0.05, 0.1) is 5.92 Å². The Hall–Kier alpha value is -2.86. The van der Waals surface area contributed by atoms with Gasteiger partial charge >= 0.3 is 0 Å². The van der Waals surface area contributed by atoms with Crippen molar-refractivity contribution in [3.05, 3.63) is 58.7 Å². The maximum absolute atomic E-state index is 13.4. The normalized spacial score (nSPS) is 22.4. The van der Waals surface area contributed by atoms with E-state index in [1.165, 1.54) is 43.2 Å². The van der Waals surface area contributed by atoms with Crippen molar-refractivity contribution in [2.24, 2.45) is 5.73 Å². The molecule has 4 atom stereocenters. The van der Waals surface area contributed by atoms with E-state index >= 15 is 0 Å². The SMILES string of the molecule is CCCCNc1cc2c(c(C(CCCC)N3C(C)CCCC3C)c1)CC(c1cccc(C(=N)N)c1)C(=O)N2. The lowest BCUT2D eigenvalue weighted by Gasteiger charge is -2.46. The number of hydrogen-bond acceptors (Lipinski definition) is 4. The van der Waals surface area contributed by atoms with Crippen molar-refractivity contribution in [2.45, 2.75) is 110 Å². The Balaban J connectivity index is 1.80. The fourth-order valence-corrected chi connectivity index (χ4v) is 6.47. The van der Waals surface area contributed by atoms with Crippen molar-refractivity contribution >= 4 is 23.1 Å². The number of benzene rings is 2. The Morgan fingerprint density at radius 3 is 2.55 bits per heavy atom. The molecule has 2 aromatic rings. The Bertz CT molecular complexity index is 1120. The highest BCUT2D eigenvalue weighted by Gasteiger charge is 2.36. The molecule has 1 saturated heterocycles. The summed E-state index contributed by atoms with van der Waals surface area (Å²) in [5.74, 6) is -0.262. The van der Waals surface area contributed by atoms with Gasteiger partial charge in [-0.2, -0.15) is 0 Å². The molecule has 0 saturated carbocycles. The van der Waals surface area contributed by atoms with Crippen LogP contribution >= 0.6 is 0 Å². The standard InChI is InChI=1S/C32H47N5O/c1-5-7-15-30(37-21(3)11-9-12-22(37)4)28-18-25(35-16-8-6-2)19-29-27(28)20-26(32(38)36-29)23-13-10-14-24(17-23)31(33)34/h10,13-14,17-19,21-22,26,30,35H,5-9,11-12,15-16,20H2,1-4H3,(H3,33,34)(H,36,38). The highest BCUT2D eigenvalue weighted by atomic mass is 16.1. The molecular weight excluding hydrogens is 470 g/mol. The first-order valence-corrected chi connectivity index (χ1v) is 14.8. The van der Waals surface area contributed by atoms with Gasteiger partial charge in [-0.25, -0.2) is 0 Å². The second-order valence-corrected chi connectivity index (χ2v) is 11.4. The highest BCUT2D eigenvalue weighted by molar-refractivity contribution is 6.00. The molecule has 206 valence electrons. The Kier molecular flexibility index (Phi) is 9.48. The van der Waals surface area contributed by atoms with E-state index in [4.69, 9.17) is 11.1 Å². The summed E-state index contributed by atoms with van der Waals surface area (Å²) in [5, 5.41) is 14.8. The van der Waals surface area contributed by atoms with Gasteiger partial charge in [0.15, 0.2) is 0 Å². The molecule has 6 heteroatoms. The molecule has 4 unspecified atom stereocenters. The van der Waals surface area contributed by atoms with Crippen LogP contribution in [0.15, 0.2) is 36.4 Å². The largest absolute Gasteiger partial charge is 0.385 e. The summed E-state index contributed by atoms with van der Waals surface area (Å²) in [7, 11) is 0. The van der Waals surface area contributed by atoms with Crippen molar-refractivity contribution in [1.29, 1.82) is 5.41 Å². The number of nitrogens with two attached hydrogens (primary N) is 1. The third-order valence-electron chi connectivity index (χ3n) is 8.54. The third-order valence-corrected chi connectivity index (χ3v) is 8.54. The molecule has 0 radical (unpaired) electrons. The van der Waals surface area contributed by atoms with Crippen LogP contribution in [0.25, 0.3) is 0 Å². The molecule has 38 heavy (non-hydrogen) atoms. The molecule has 5 N–H and O–H groups in total. The van der Waals surface area contributed by atoms with Crippen LogP contribution in [0.2, 0.25) is 0 Å². The maximum atomic E-state index is 13.4. The van der Waals surface area contributed by atoms with E-state index in [-0.39, 0.29) is 17.7 Å². The lowest BCUT2D eigenvalue weighted by Crippen LogP contribution is -2.46. The van der Waals surface area contributed by atoms with E-state index < -0.39 is 0 Å². The molecular formula is C32H47N5O. The average molecular weight is 518 g/mol. The molecule has 2 aliphatic heterocycles. The van der Waals surface area contributed by atoms with Gasteiger partial charge in [-0.15, -0.1) is 0 Å². The summed E-state index contributed by atoms with van der Waals surface area (Å²) in [6.07, 6.45) is 10.2. The summed E-state index contributed by atoms with van der Waals surface area (Å²) >= 11 is 0. The number of carbonyl (C=O) groups is 1. The number of amides is 1. The minimum atomic E-state index is -0.303. The van der Waals surface area contributed by atoms with E-state index in [1.54, 1.807) is 0 Å². The number of nitrogens with zero attached hydrogens (tertiary/aromatic N) is 1. The van der Waals surface area contributed by atoms with Crippen LogP contribution < -0.4 is 16.4 Å². The summed E-state index contributed by atoms with van der Waals surface area (Å²) in [4.78, 5) is 16.2. The zero-order valence-corrected chi connectivity index (χ0v) is 23.8. The first kappa shape index (κ1) is 28.2. The summed E-state index contributed by atoms with van der Waals surface area (Å²) in [5.41, 5.74) is 12.0. The van der Waals surface area contributed by atoms with Crippen molar-refractivity contribution in [3.63, 3.8) is 0 Å². The van der Waals surface area contributed by atoms with Gasteiger partial charge in [0.1, 0.15) is 5.84 Å². The molecule has 0 bridgehead atoms. The first-order valence-electron chi connectivity index (χ1n) is 14.8. The van der Waals surface area contributed by atoms with E-state index in [0.717, 1.165) is 42.7 Å². The van der Waals surface area contributed by atoms with Crippen molar-refractivity contribution in [2.75, 3.05) is 17.2 Å². The smallest absolute Gasteiger partial charge is 0.232 e. The summed E-state index contributed by atoms with van der Waals surface area (Å²) in [6, 6.07) is 13.5. The van der Waals surface area contributed by atoms with E-state index in [0.29, 0.717) is 30.1 Å². The van der Waals surface area contributed by atoms with Gasteiger partial charge in [0.25, 0.3) is 0 Å². The van der Waals surface area contributed by atoms with Crippen LogP contribution in [0.3, 0.4) is 0 Å². The number of nitrogen functional groups attached to an aromatic ring is 1. The van der Waals surface area contributed by atoms with E-state index in [9.17, 15) is 4.79 Å². The highest BCUT2D eigenvalue weighted by Crippen LogP contribution is 2.43. The van der Waals surface area contributed by atoms with E-state index in [2.05, 4.69) is 55.4 Å². The third kappa shape index (κ3) is 6.23. The number of unbranched alkanes of at least 4 members (excludes halogenated alkanes) is 2. The Morgan fingerprint density at radius 1 is 1.13 bits per heavy atom. The van der Waals surface area contributed by atoms with Gasteiger partial charge < -0.3 is 16.4 Å². The minimum Gasteiger partial charge on any atom is -0.385 e. The van der Waals surface area contributed by atoms with Crippen LogP contribution in [-0.4, -0.2) is 35.3 Å². The molecule has 2 aromatic carbocycles. The van der Waals surface area contributed by atoms with Crippen molar-refractivity contribution < 1.29 is 4.79 Å². The molecule has 2 aliphatic rings. The van der Waals surface area contributed by atoms with Crippen LogP contribution in [0.5, 0.6) is 0 Å². The van der Waals surface area contributed by atoms with Gasteiger partial charge in [-0.3, -0.25) is 15.1 Å². The second kappa shape index (κ2) is 12.8. The zero-order chi connectivity index (χ0) is 27.2. The summed E-state index contributed by atoms with van der Waals surface area (Å²) < 4.78 is 0. The van der Waals surface area contributed by atoms with Crippen molar-refractivity contribution in [3.8, 4) is 0 Å². The quantitative estimate of drug-likeness (QED) is 0.147. The molecule has 2 heterocycles. The number of likely N-dealkylation sites (tertiary alicyclic amines) is 1. The number of nitrogens with one attached hydrogen (secondary N) is 3. The Labute approximate surface area is 229 Å². The number of piperidine rings is 1. The number of carbonyl (C=O) groups excluding carboxylic acids is 1. The van der Waals surface area contributed by atoms with Crippen LogP contribution in [0.1, 0.15) is 113 Å². The number of anilines is 2. The van der Waals surface area contributed by atoms with E-state index in [1.807, 2.05) is 24.3 Å². The topological polar surface area (TPSA) is 94.2 Å². The number of rotatable bonds is 11. The molecule has 6 nitrogen and oxygen atoms in total. The molecule has 1 amide bonds. The van der Waals surface area contributed by atoms with Crippen LogP contribution in [0, 0.1) is 5.41 Å². The number of hydrogen-bond donors (Lipinski definition) is 4. The average Bonchev–Trinajstić information content (AvgIpc) is 2.90. The summed E-state index contributed by atoms with van der Waals surface area (Å²) in [6.45, 7) is 10.2. The predicted molar refractivity (Wildman–Crippen MR) is 159 cm³/mol. The van der Waals surface area contributed by atoms with Crippen LogP contribution in [0.4, 0.5) is 11.4 Å². The molecule has 4 rings (SSSR count). The zero-order valence-electron chi connectivity index (χ0n) is 23.8. The molecule has 0 aliphatic carbocycles. The molecule has 0 spiro atoms. The lowest BCUT2D eigenvalue weighted by atomic mass is 9.81. The minimum absolute atomic E-state index is 0.0136. The molecule has 0 aromatic heterocycles. The van der Waals surface area contributed by atoms with Gasteiger partial charge in [-0.1, -0.05) is 57.7 Å². The van der Waals surface area contributed by atoms with Crippen LogP contribution in [-0.2, 0) is 11.2 Å². The fourth-order valence-electron chi connectivity index (χ4n) is 6.47. The lowest BCUT2D eigenvalue weighted by molar-refractivity contribution is -0.117. The first-order chi connectivity index (χ1) is 18.3. The monoisotopic (exact) mass is 517 g/mol. The molecule has 1 fully saturated rings. The van der Waals surface area contributed by atoms with Crippen molar-refractivity contribution in [1.82, 2.24) is 4.90 Å². The van der Waals surface area contributed by atoms with Gasteiger partial charge in [0.2, 0.25) is 5.91 Å². The predicted octanol–water partition coefficient (Wildman–Crippen LogP) is 6.96. The van der Waals surface area contributed by atoms with Gasteiger partial charge in [0, 0.05) is 41.6 Å². The Morgan fingerprint density at radius 2 is 1.87 bits per heavy atom. The van der Waals surface area contributed by atoms with Gasteiger partial charge in [-0.05, 0) is 80.8 Å².